The molecule has 8 heteroatoms. The zero-order valence-corrected chi connectivity index (χ0v) is 15.4. The fourth-order valence-electron chi connectivity index (χ4n) is 2.46. The predicted molar refractivity (Wildman–Crippen MR) is 105 cm³/mol. The van der Waals surface area contributed by atoms with Crippen LogP contribution in [0.3, 0.4) is 0 Å². The smallest absolute Gasteiger partial charge is 0.288 e. The van der Waals surface area contributed by atoms with Crippen LogP contribution in [0.2, 0.25) is 5.02 Å². The van der Waals surface area contributed by atoms with Gasteiger partial charge in [-0.1, -0.05) is 48.5 Å². The highest BCUT2D eigenvalue weighted by Gasteiger charge is 2.27. The Balaban J connectivity index is 1.73. The summed E-state index contributed by atoms with van der Waals surface area (Å²) in [6.45, 7) is 2.09. The van der Waals surface area contributed by atoms with Crippen molar-refractivity contribution in [2.75, 3.05) is 5.32 Å². The van der Waals surface area contributed by atoms with Crippen LogP contribution >= 0.6 is 23.4 Å². The Hall–Kier alpha value is -2.51. The van der Waals surface area contributed by atoms with Gasteiger partial charge in [0, 0.05) is 11.8 Å². The number of benzene rings is 2. The number of carbonyl (C=O) groups is 1. The number of nitrogens with zero attached hydrogens (tertiary/aromatic N) is 1. The van der Waals surface area contributed by atoms with Crippen molar-refractivity contribution in [3.8, 4) is 0 Å². The van der Waals surface area contributed by atoms with Gasteiger partial charge in [-0.2, -0.15) is 0 Å². The van der Waals surface area contributed by atoms with Gasteiger partial charge in [0.05, 0.1) is 9.83 Å². The number of hydrogen-bond acceptors (Lipinski definition) is 5. The molecular weight excluding hydrogens is 374 g/mol. The van der Waals surface area contributed by atoms with E-state index in [9.17, 15) is 14.9 Å². The highest BCUT2D eigenvalue weighted by molar-refractivity contribution is 8.05. The molecule has 1 saturated heterocycles. The fraction of sp³-hybridized carbons (Fsp3) is 0.167. The van der Waals surface area contributed by atoms with Crippen LogP contribution in [0.15, 0.2) is 47.4 Å². The average molecular weight is 390 g/mol. The van der Waals surface area contributed by atoms with E-state index < -0.39 is 4.92 Å². The molecule has 1 atom stereocenters. The van der Waals surface area contributed by atoms with Crippen molar-refractivity contribution >= 4 is 46.7 Å². The lowest BCUT2D eigenvalue weighted by Gasteiger charge is -2.12. The van der Waals surface area contributed by atoms with E-state index in [0.717, 1.165) is 12.1 Å². The molecule has 6 nitrogen and oxygen atoms in total. The summed E-state index contributed by atoms with van der Waals surface area (Å²) in [4.78, 5) is 23.1. The highest BCUT2D eigenvalue weighted by atomic mass is 35.5. The number of anilines is 1. The van der Waals surface area contributed by atoms with Crippen LogP contribution in [-0.2, 0) is 11.2 Å². The van der Waals surface area contributed by atoms with E-state index in [1.54, 1.807) is 12.1 Å². The molecule has 2 N–H and O–H groups in total. The molecule has 1 heterocycles. The summed E-state index contributed by atoms with van der Waals surface area (Å²) in [5.41, 5.74) is 2.21. The van der Waals surface area contributed by atoms with E-state index in [4.69, 9.17) is 11.6 Å². The lowest BCUT2D eigenvalue weighted by molar-refractivity contribution is -0.384. The molecule has 0 unspecified atom stereocenters. The second kappa shape index (κ2) is 7.80. The first-order valence-electron chi connectivity index (χ1n) is 7.95. The van der Waals surface area contributed by atoms with Crippen LogP contribution in [0, 0.1) is 10.1 Å². The van der Waals surface area contributed by atoms with Crippen molar-refractivity contribution in [3.63, 3.8) is 0 Å². The molecule has 0 radical (unpaired) electrons. The molecule has 134 valence electrons. The molecule has 2 aromatic rings. The molecule has 3 rings (SSSR count). The van der Waals surface area contributed by atoms with E-state index in [0.29, 0.717) is 10.5 Å². The second-order valence-electron chi connectivity index (χ2n) is 5.64. The minimum absolute atomic E-state index is 0.0655. The number of hydrogen-bond donors (Lipinski definition) is 2. The number of nitrogens with one attached hydrogen (secondary N) is 2. The maximum Gasteiger partial charge on any atom is 0.288 e. The lowest BCUT2D eigenvalue weighted by atomic mass is 10.1. The minimum Gasteiger partial charge on any atom is -0.357 e. The largest absolute Gasteiger partial charge is 0.357 e. The summed E-state index contributed by atoms with van der Waals surface area (Å²) in [6, 6.07) is 12.5. The molecule has 26 heavy (non-hydrogen) atoms. The van der Waals surface area contributed by atoms with Gasteiger partial charge in [-0.25, -0.2) is 0 Å². The first kappa shape index (κ1) is 18.3. The van der Waals surface area contributed by atoms with Crippen LogP contribution in [0.4, 0.5) is 11.4 Å². The summed E-state index contributed by atoms with van der Waals surface area (Å²) in [5, 5.41) is 17.1. The van der Waals surface area contributed by atoms with Crippen molar-refractivity contribution in [2.24, 2.45) is 0 Å². The third-order valence-electron chi connectivity index (χ3n) is 3.86. The number of amides is 1. The van der Waals surface area contributed by atoms with Gasteiger partial charge in [-0.15, -0.1) is 0 Å². The minimum atomic E-state index is -0.545. The number of nitro groups is 1. The molecule has 0 bridgehead atoms. The molecule has 0 aromatic heterocycles. The summed E-state index contributed by atoms with van der Waals surface area (Å²) in [7, 11) is 0. The van der Waals surface area contributed by atoms with Gasteiger partial charge in [0.2, 0.25) is 0 Å². The topological polar surface area (TPSA) is 84.3 Å². The van der Waals surface area contributed by atoms with Crippen LogP contribution < -0.4 is 10.6 Å². The number of aryl methyl sites for hydroxylation is 1. The molecule has 1 aliphatic heterocycles. The number of nitro benzene ring substituents is 1. The maximum atomic E-state index is 12.2. The van der Waals surface area contributed by atoms with Crippen LogP contribution in [0.25, 0.3) is 6.08 Å². The summed E-state index contributed by atoms with van der Waals surface area (Å²) in [5.74, 6) is -0.227. The maximum absolute atomic E-state index is 12.2. The van der Waals surface area contributed by atoms with Gasteiger partial charge >= 0.3 is 0 Å². The Bertz CT molecular complexity index is 884. The molecule has 1 amide bonds. The van der Waals surface area contributed by atoms with Crippen molar-refractivity contribution in [2.45, 2.75) is 18.8 Å². The lowest BCUT2D eigenvalue weighted by Crippen LogP contribution is -2.30. The van der Waals surface area contributed by atoms with Crippen LogP contribution in [-0.4, -0.2) is 16.3 Å². The Labute approximate surface area is 159 Å². The quantitative estimate of drug-likeness (QED) is 0.449. The Kier molecular flexibility index (Phi) is 5.49. The predicted octanol–water partition coefficient (Wildman–Crippen LogP) is 4.41. The summed E-state index contributed by atoms with van der Waals surface area (Å²) >= 11 is 7.14. The third-order valence-corrected chi connectivity index (χ3v) is 5.20. The first-order chi connectivity index (χ1) is 12.5. The zero-order chi connectivity index (χ0) is 18.7. The Morgan fingerprint density at radius 3 is 2.69 bits per heavy atom. The van der Waals surface area contributed by atoms with Gasteiger partial charge in [0.25, 0.3) is 11.6 Å². The van der Waals surface area contributed by atoms with E-state index in [2.05, 4.69) is 17.6 Å². The molecular formula is C18H16ClN3O3S. The SMILES string of the molecule is CCc1ccc(N[C@@H]2NC(=O)/C(=C/c3ccc(Cl)c([N+](=O)[O-])c3)S2)cc1. The third kappa shape index (κ3) is 4.17. The fourth-order valence-corrected chi connectivity index (χ4v) is 3.64. The molecule has 1 aliphatic rings. The summed E-state index contributed by atoms with van der Waals surface area (Å²) in [6.07, 6.45) is 2.58. The molecule has 0 saturated carbocycles. The van der Waals surface area contributed by atoms with Crippen molar-refractivity contribution in [1.29, 1.82) is 0 Å². The van der Waals surface area contributed by atoms with Crippen molar-refractivity contribution < 1.29 is 9.72 Å². The number of thioether (sulfide) groups is 1. The van der Waals surface area contributed by atoms with E-state index in [-0.39, 0.29) is 22.1 Å². The second-order valence-corrected chi connectivity index (χ2v) is 7.20. The van der Waals surface area contributed by atoms with Crippen LogP contribution in [0.1, 0.15) is 18.1 Å². The summed E-state index contributed by atoms with van der Waals surface area (Å²) < 4.78 is 0. The van der Waals surface area contributed by atoms with Gasteiger partial charge < -0.3 is 10.6 Å². The van der Waals surface area contributed by atoms with E-state index >= 15 is 0 Å². The van der Waals surface area contributed by atoms with Gasteiger partial charge in [-0.05, 0) is 41.8 Å². The molecule has 0 spiro atoms. The standard InChI is InChI=1S/C18H16ClN3O3S/c1-2-11-3-6-13(7-4-11)20-18-21-17(23)16(26-18)10-12-5-8-14(19)15(9-12)22(24)25/h3-10,18,20H,2H2,1H3,(H,21,23)/b16-10-/t18-/m1/s1. The van der Waals surface area contributed by atoms with Gasteiger partial charge in [0.1, 0.15) is 5.02 Å². The van der Waals surface area contributed by atoms with Crippen LogP contribution in [0.5, 0.6) is 0 Å². The van der Waals surface area contributed by atoms with Gasteiger partial charge in [-0.3, -0.25) is 14.9 Å². The molecule has 0 aliphatic carbocycles. The number of halogens is 1. The monoisotopic (exact) mass is 389 g/mol. The van der Waals surface area contributed by atoms with E-state index in [1.807, 2.05) is 24.3 Å². The van der Waals surface area contributed by atoms with Gasteiger partial charge in [0.15, 0.2) is 5.50 Å². The average Bonchev–Trinajstić information content (AvgIpc) is 2.96. The number of carbonyl (C=O) groups excluding carboxylic acids is 1. The van der Waals surface area contributed by atoms with Crippen molar-refractivity contribution in [1.82, 2.24) is 5.32 Å². The Morgan fingerprint density at radius 1 is 1.31 bits per heavy atom. The zero-order valence-electron chi connectivity index (χ0n) is 13.9. The number of rotatable bonds is 5. The molecule has 1 fully saturated rings. The van der Waals surface area contributed by atoms with E-state index in [1.165, 1.54) is 29.5 Å². The normalized spacial score (nSPS) is 18.0. The first-order valence-corrected chi connectivity index (χ1v) is 9.20. The molecule has 2 aromatic carbocycles. The van der Waals surface area contributed by atoms with Crippen molar-refractivity contribution in [3.05, 3.63) is 73.6 Å². The Morgan fingerprint density at radius 2 is 2.04 bits per heavy atom. The highest BCUT2D eigenvalue weighted by Crippen LogP contribution is 2.32.